The van der Waals surface area contributed by atoms with Crippen LogP contribution < -0.4 is 5.32 Å². The Morgan fingerprint density at radius 2 is 2.00 bits per heavy atom. The molecule has 0 bridgehead atoms. The second-order valence-corrected chi connectivity index (χ2v) is 5.73. The van der Waals surface area contributed by atoms with Crippen LogP contribution in [0.1, 0.15) is 51.0 Å². The fraction of sp³-hybridized carbons (Fsp3) is 0.769. The van der Waals surface area contributed by atoms with Crippen LogP contribution in [0.2, 0.25) is 0 Å². The Morgan fingerprint density at radius 1 is 1.35 bits per heavy atom. The normalized spacial score (nSPS) is 13.4. The topological polar surface area (TPSA) is 29.9 Å². The molecule has 98 valence electrons. The molecule has 0 saturated carbocycles. The van der Waals surface area contributed by atoms with E-state index in [1.165, 1.54) is 12.1 Å². The molecular weight excluding hydrogens is 278 g/mol. The van der Waals surface area contributed by atoms with Crippen molar-refractivity contribution in [1.29, 1.82) is 0 Å². The number of halogens is 1. The number of aryl methyl sites for hydroxylation is 1. The van der Waals surface area contributed by atoms with Crippen LogP contribution in [-0.2, 0) is 0 Å². The number of aromatic nitrogens is 2. The predicted molar refractivity (Wildman–Crippen MR) is 76.5 cm³/mol. The van der Waals surface area contributed by atoms with Gasteiger partial charge in [-0.05, 0) is 36.2 Å². The Balaban J connectivity index is 2.85. The Hall–Kier alpha value is -0.350. The number of hydrogen-bond acceptors (Lipinski definition) is 2. The molecule has 0 saturated heterocycles. The molecule has 1 aromatic rings. The lowest BCUT2D eigenvalue weighted by Gasteiger charge is -2.20. The zero-order valence-electron chi connectivity index (χ0n) is 11.5. The van der Waals surface area contributed by atoms with Gasteiger partial charge in [0.2, 0.25) is 0 Å². The minimum atomic E-state index is 0.451. The van der Waals surface area contributed by atoms with Gasteiger partial charge < -0.3 is 5.32 Å². The fourth-order valence-corrected chi connectivity index (χ4v) is 2.28. The molecule has 1 atom stereocenters. The molecule has 1 rings (SSSR count). The van der Waals surface area contributed by atoms with E-state index in [2.05, 4.69) is 58.7 Å². The smallest absolute Gasteiger partial charge is 0.0738 e. The van der Waals surface area contributed by atoms with E-state index in [1.54, 1.807) is 0 Å². The van der Waals surface area contributed by atoms with Gasteiger partial charge in [0.25, 0.3) is 0 Å². The van der Waals surface area contributed by atoms with E-state index in [9.17, 15) is 0 Å². The monoisotopic (exact) mass is 301 g/mol. The van der Waals surface area contributed by atoms with Crippen LogP contribution in [0.25, 0.3) is 0 Å². The summed E-state index contributed by atoms with van der Waals surface area (Å²) in [5, 5.41) is 8.15. The zero-order valence-corrected chi connectivity index (χ0v) is 13.1. The van der Waals surface area contributed by atoms with Crippen molar-refractivity contribution in [2.75, 3.05) is 6.54 Å². The third kappa shape index (κ3) is 3.81. The molecule has 0 aliphatic rings. The molecule has 0 aliphatic heterocycles. The van der Waals surface area contributed by atoms with E-state index in [-0.39, 0.29) is 0 Å². The first-order valence-corrected chi connectivity index (χ1v) is 7.21. The largest absolute Gasteiger partial charge is 0.312 e. The fourth-order valence-electron chi connectivity index (χ4n) is 2.01. The Kier molecular flexibility index (Phi) is 5.67. The summed E-state index contributed by atoms with van der Waals surface area (Å²) in [5.41, 5.74) is 2.31. The van der Waals surface area contributed by atoms with E-state index in [4.69, 9.17) is 0 Å². The van der Waals surface area contributed by atoms with Crippen LogP contribution in [0.5, 0.6) is 0 Å². The molecule has 17 heavy (non-hydrogen) atoms. The van der Waals surface area contributed by atoms with E-state index >= 15 is 0 Å². The van der Waals surface area contributed by atoms with Crippen LogP contribution in [0.3, 0.4) is 0 Å². The summed E-state index contributed by atoms with van der Waals surface area (Å²) in [5.74, 6) is 0. The maximum atomic E-state index is 4.64. The molecule has 1 aromatic heterocycles. The van der Waals surface area contributed by atoms with Gasteiger partial charge in [-0.25, -0.2) is 0 Å². The highest BCUT2D eigenvalue weighted by Crippen LogP contribution is 2.24. The van der Waals surface area contributed by atoms with Gasteiger partial charge in [-0.2, -0.15) is 5.10 Å². The third-order valence-electron chi connectivity index (χ3n) is 2.97. The van der Waals surface area contributed by atoms with E-state index in [1.807, 2.05) is 6.92 Å². The zero-order chi connectivity index (χ0) is 13.0. The highest BCUT2D eigenvalue weighted by molar-refractivity contribution is 9.10. The molecule has 0 amide bonds. The minimum Gasteiger partial charge on any atom is -0.312 e. The lowest BCUT2D eigenvalue weighted by Crippen LogP contribution is -2.31. The second kappa shape index (κ2) is 6.55. The van der Waals surface area contributed by atoms with Gasteiger partial charge >= 0.3 is 0 Å². The quantitative estimate of drug-likeness (QED) is 0.870. The number of hydrogen-bond donors (Lipinski definition) is 1. The van der Waals surface area contributed by atoms with Crippen molar-refractivity contribution in [2.45, 2.75) is 59.5 Å². The SMILES string of the molecule is CCCC(CNC(C)C)n1nc(C)c(Br)c1C. The number of nitrogens with one attached hydrogen (secondary N) is 1. The number of rotatable bonds is 6. The molecular formula is C13H24BrN3. The predicted octanol–water partition coefficient (Wildman–Crippen LogP) is 3.60. The van der Waals surface area contributed by atoms with Gasteiger partial charge in [-0.1, -0.05) is 27.2 Å². The van der Waals surface area contributed by atoms with Crippen molar-refractivity contribution in [1.82, 2.24) is 15.1 Å². The van der Waals surface area contributed by atoms with E-state index in [0.29, 0.717) is 12.1 Å². The Morgan fingerprint density at radius 3 is 2.41 bits per heavy atom. The third-order valence-corrected chi connectivity index (χ3v) is 4.11. The van der Waals surface area contributed by atoms with Crippen LogP contribution >= 0.6 is 15.9 Å². The lowest BCUT2D eigenvalue weighted by molar-refractivity contribution is 0.375. The molecule has 0 fully saturated rings. The highest BCUT2D eigenvalue weighted by Gasteiger charge is 2.17. The minimum absolute atomic E-state index is 0.451. The summed E-state index contributed by atoms with van der Waals surface area (Å²) < 4.78 is 3.31. The van der Waals surface area contributed by atoms with Crippen molar-refractivity contribution in [2.24, 2.45) is 0 Å². The second-order valence-electron chi connectivity index (χ2n) is 4.93. The van der Waals surface area contributed by atoms with Gasteiger partial charge in [0.1, 0.15) is 0 Å². The molecule has 0 radical (unpaired) electrons. The van der Waals surface area contributed by atoms with Crippen molar-refractivity contribution >= 4 is 15.9 Å². The van der Waals surface area contributed by atoms with Gasteiger partial charge in [0.15, 0.2) is 0 Å². The molecule has 1 heterocycles. The van der Waals surface area contributed by atoms with Crippen LogP contribution in [0.4, 0.5) is 0 Å². The van der Waals surface area contributed by atoms with Gasteiger partial charge in [-0.3, -0.25) is 4.68 Å². The Bertz CT molecular complexity index is 358. The summed E-state index contributed by atoms with van der Waals surface area (Å²) in [6, 6.07) is 0.974. The maximum Gasteiger partial charge on any atom is 0.0738 e. The van der Waals surface area contributed by atoms with Crippen LogP contribution in [0.15, 0.2) is 4.47 Å². The molecule has 1 unspecified atom stereocenters. The van der Waals surface area contributed by atoms with Crippen molar-refractivity contribution in [3.63, 3.8) is 0 Å². The van der Waals surface area contributed by atoms with Crippen molar-refractivity contribution in [3.8, 4) is 0 Å². The number of nitrogens with zero attached hydrogens (tertiary/aromatic N) is 2. The summed E-state index contributed by atoms with van der Waals surface area (Å²) >= 11 is 3.60. The summed E-state index contributed by atoms with van der Waals surface area (Å²) in [6.45, 7) is 11.7. The van der Waals surface area contributed by atoms with Gasteiger partial charge in [0.05, 0.1) is 21.9 Å². The van der Waals surface area contributed by atoms with Gasteiger partial charge in [-0.15, -0.1) is 0 Å². The molecule has 0 aliphatic carbocycles. The molecule has 0 spiro atoms. The first kappa shape index (κ1) is 14.7. The van der Waals surface area contributed by atoms with Crippen LogP contribution in [0, 0.1) is 13.8 Å². The van der Waals surface area contributed by atoms with Crippen LogP contribution in [-0.4, -0.2) is 22.4 Å². The maximum absolute atomic E-state index is 4.64. The molecule has 1 N–H and O–H groups in total. The first-order valence-electron chi connectivity index (χ1n) is 6.41. The van der Waals surface area contributed by atoms with Gasteiger partial charge in [0, 0.05) is 12.6 Å². The molecule has 4 heteroatoms. The summed E-state index contributed by atoms with van der Waals surface area (Å²) in [4.78, 5) is 0. The van der Waals surface area contributed by atoms with Crippen molar-refractivity contribution < 1.29 is 0 Å². The highest BCUT2D eigenvalue weighted by atomic mass is 79.9. The molecule has 3 nitrogen and oxygen atoms in total. The summed E-state index contributed by atoms with van der Waals surface area (Å²) in [6.07, 6.45) is 2.34. The lowest BCUT2D eigenvalue weighted by atomic mass is 10.1. The summed E-state index contributed by atoms with van der Waals surface area (Å²) in [7, 11) is 0. The van der Waals surface area contributed by atoms with E-state index in [0.717, 1.165) is 23.1 Å². The average molecular weight is 302 g/mol. The van der Waals surface area contributed by atoms with Crippen molar-refractivity contribution in [3.05, 3.63) is 15.9 Å². The van der Waals surface area contributed by atoms with E-state index < -0.39 is 0 Å². The average Bonchev–Trinajstić information content (AvgIpc) is 2.52. The Labute approximate surface area is 113 Å². The molecule has 0 aromatic carbocycles. The first-order chi connectivity index (χ1) is 7.97. The standard InChI is InChI=1S/C13H24BrN3/c1-6-7-12(8-15-9(2)3)17-11(5)13(14)10(4)16-17/h9,12,15H,6-8H2,1-5H3.